The first-order valence-electron chi connectivity index (χ1n) is 11.0. The molecule has 1 aromatic carbocycles. The Kier molecular flexibility index (Phi) is 7.27. The van der Waals surface area contributed by atoms with E-state index in [1.54, 1.807) is 6.33 Å². The number of fused-ring (bicyclic) bond motifs is 1. The van der Waals surface area contributed by atoms with E-state index >= 15 is 0 Å². The molecule has 0 unspecified atom stereocenters. The minimum Gasteiger partial charge on any atom is -0.493 e. The Morgan fingerprint density at radius 1 is 1.03 bits per heavy atom. The number of rotatable bonds is 8. The Morgan fingerprint density at radius 3 is 2.55 bits per heavy atom. The van der Waals surface area contributed by atoms with Crippen molar-refractivity contribution in [3.63, 3.8) is 0 Å². The number of aromatic nitrogens is 2. The van der Waals surface area contributed by atoms with Crippen LogP contribution in [-0.2, 0) is 0 Å². The molecule has 3 heterocycles. The van der Waals surface area contributed by atoms with Gasteiger partial charge in [-0.15, -0.1) is 0 Å². The fourth-order valence-corrected chi connectivity index (χ4v) is 4.42. The number of β-amino-alcohol motifs (C(OH)–C–C–N with tert-alkyl or cyclic N) is 1. The molecule has 29 heavy (non-hydrogen) atoms. The average Bonchev–Trinajstić information content (AvgIpc) is 2.78. The highest BCUT2D eigenvalue weighted by atomic mass is 16.5. The molecule has 0 atom stereocenters. The predicted molar refractivity (Wildman–Crippen MR) is 114 cm³/mol. The topological polar surface area (TPSA) is 73.8 Å². The van der Waals surface area contributed by atoms with Crippen LogP contribution in [0.3, 0.4) is 0 Å². The van der Waals surface area contributed by atoms with E-state index in [-0.39, 0.29) is 6.61 Å². The van der Waals surface area contributed by atoms with Crippen molar-refractivity contribution < 1.29 is 9.84 Å². The molecule has 7 nitrogen and oxygen atoms in total. The summed E-state index contributed by atoms with van der Waals surface area (Å²) in [6.45, 7) is 9.19. The van der Waals surface area contributed by atoms with Crippen LogP contribution in [0, 0.1) is 0 Å². The normalized spacial score (nSPS) is 19.6. The highest BCUT2D eigenvalue weighted by Gasteiger charge is 2.19. The Morgan fingerprint density at radius 2 is 1.79 bits per heavy atom. The lowest BCUT2D eigenvalue weighted by molar-refractivity contribution is 0.108. The van der Waals surface area contributed by atoms with E-state index in [0.29, 0.717) is 12.5 Å². The van der Waals surface area contributed by atoms with Crippen molar-refractivity contribution in [2.24, 2.45) is 0 Å². The SMILES string of the molecule is OCCN1CCN(CCCOc2ccc3c(C4CCNCC4)ncnc3c2)CC1. The fraction of sp³-hybridized carbons (Fsp3) is 0.636. The summed E-state index contributed by atoms with van der Waals surface area (Å²) >= 11 is 0. The predicted octanol–water partition coefficient (Wildman–Crippen LogP) is 1.48. The van der Waals surface area contributed by atoms with Gasteiger partial charge in [-0.1, -0.05) is 0 Å². The minimum absolute atomic E-state index is 0.254. The Hall–Kier alpha value is -1.80. The average molecular weight is 400 g/mol. The number of hydrogen-bond donors (Lipinski definition) is 2. The van der Waals surface area contributed by atoms with E-state index < -0.39 is 0 Å². The van der Waals surface area contributed by atoms with Crippen molar-refractivity contribution >= 4 is 10.9 Å². The van der Waals surface area contributed by atoms with Gasteiger partial charge in [0.05, 0.1) is 24.4 Å². The van der Waals surface area contributed by atoms with Gasteiger partial charge in [-0.2, -0.15) is 0 Å². The summed E-state index contributed by atoms with van der Waals surface area (Å²) in [4.78, 5) is 13.9. The first-order chi connectivity index (χ1) is 14.3. The van der Waals surface area contributed by atoms with E-state index in [1.807, 2.05) is 0 Å². The highest BCUT2D eigenvalue weighted by molar-refractivity contribution is 5.82. The molecule has 0 saturated carbocycles. The second kappa shape index (κ2) is 10.3. The molecular weight excluding hydrogens is 366 g/mol. The summed E-state index contributed by atoms with van der Waals surface area (Å²) in [7, 11) is 0. The van der Waals surface area contributed by atoms with Gasteiger partial charge in [-0.3, -0.25) is 4.90 Å². The summed E-state index contributed by atoms with van der Waals surface area (Å²) in [5, 5.41) is 13.6. The smallest absolute Gasteiger partial charge is 0.121 e. The van der Waals surface area contributed by atoms with E-state index in [2.05, 4.69) is 43.3 Å². The Bertz CT molecular complexity index is 773. The zero-order chi connectivity index (χ0) is 19.9. The van der Waals surface area contributed by atoms with Crippen LogP contribution in [-0.4, -0.2) is 90.4 Å². The van der Waals surface area contributed by atoms with Crippen LogP contribution in [0.15, 0.2) is 24.5 Å². The molecule has 0 radical (unpaired) electrons. The first kappa shape index (κ1) is 20.5. The van der Waals surface area contributed by atoms with E-state index in [9.17, 15) is 0 Å². The number of piperidine rings is 1. The third-order valence-corrected chi connectivity index (χ3v) is 6.13. The van der Waals surface area contributed by atoms with Crippen molar-refractivity contribution in [1.29, 1.82) is 0 Å². The Balaban J connectivity index is 1.27. The Labute approximate surface area is 173 Å². The van der Waals surface area contributed by atoms with Crippen molar-refractivity contribution in [3.05, 3.63) is 30.2 Å². The lowest BCUT2D eigenvalue weighted by atomic mass is 9.92. The lowest BCUT2D eigenvalue weighted by Gasteiger charge is -2.34. The number of ether oxygens (including phenoxy) is 1. The van der Waals surface area contributed by atoms with Gasteiger partial charge in [0.1, 0.15) is 12.1 Å². The van der Waals surface area contributed by atoms with Gasteiger partial charge < -0.3 is 20.1 Å². The number of aliphatic hydroxyl groups is 1. The van der Waals surface area contributed by atoms with Gasteiger partial charge in [0, 0.05) is 56.6 Å². The van der Waals surface area contributed by atoms with Crippen LogP contribution in [0.1, 0.15) is 30.9 Å². The van der Waals surface area contributed by atoms with Gasteiger partial charge in [0.15, 0.2) is 0 Å². The van der Waals surface area contributed by atoms with Gasteiger partial charge >= 0.3 is 0 Å². The van der Waals surface area contributed by atoms with Crippen molar-refractivity contribution in [2.75, 3.05) is 65.6 Å². The number of piperazine rings is 1. The van der Waals surface area contributed by atoms with Gasteiger partial charge in [0.2, 0.25) is 0 Å². The molecule has 0 aliphatic carbocycles. The standard InChI is InChI=1S/C22H33N5O2/c28-14-13-27-11-9-26(10-12-27)8-1-15-29-19-2-3-20-21(16-19)24-17-25-22(20)18-4-6-23-7-5-18/h2-3,16-18,23,28H,1,4-15H2. The maximum atomic E-state index is 9.03. The van der Waals surface area contributed by atoms with Crippen LogP contribution in [0.4, 0.5) is 0 Å². The quantitative estimate of drug-likeness (QED) is 0.651. The van der Waals surface area contributed by atoms with E-state index in [0.717, 1.165) is 88.3 Å². The second-order valence-electron chi connectivity index (χ2n) is 8.07. The molecule has 2 N–H and O–H groups in total. The van der Waals surface area contributed by atoms with E-state index in [1.165, 1.54) is 5.69 Å². The molecule has 4 rings (SSSR count). The first-order valence-corrected chi connectivity index (χ1v) is 11.0. The number of benzene rings is 1. The van der Waals surface area contributed by atoms with Crippen LogP contribution >= 0.6 is 0 Å². The van der Waals surface area contributed by atoms with Crippen LogP contribution in [0.5, 0.6) is 5.75 Å². The van der Waals surface area contributed by atoms with Crippen molar-refractivity contribution in [2.45, 2.75) is 25.2 Å². The zero-order valence-electron chi connectivity index (χ0n) is 17.2. The molecule has 2 fully saturated rings. The minimum atomic E-state index is 0.254. The molecule has 2 saturated heterocycles. The van der Waals surface area contributed by atoms with Crippen LogP contribution in [0.25, 0.3) is 10.9 Å². The van der Waals surface area contributed by atoms with Crippen molar-refractivity contribution in [1.82, 2.24) is 25.1 Å². The molecule has 1 aromatic heterocycles. The lowest BCUT2D eigenvalue weighted by Crippen LogP contribution is -2.47. The van der Waals surface area contributed by atoms with Gasteiger partial charge in [-0.25, -0.2) is 9.97 Å². The summed E-state index contributed by atoms with van der Waals surface area (Å²) in [6, 6.07) is 6.24. The highest BCUT2D eigenvalue weighted by Crippen LogP contribution is 2.30. The molecule has 0 bridgehead atoms. The molecule has 2 aromatic rings. The summed E-state index contributed by atoms with van der Waals surface area (Å²) in [6.07, 6.45) is 4.99. The number of nitrogens with one attached hydrogen (secondary N) is 1. The summed E-state index contributed by atoms with van der Waals surface area (Å²) < 4.78 is 6.01. The number of hydrogen-bond acceptors (Lipinski definition) is 7. The fourth-order valence-electron chi connectivity index (χ4n) is 4.42. The molecule has 158 valence electrons. The molecule has 2 aliphatic heterocycles. The van der Waals surface area contributed by atoms with Gasteiger partial charge in [-0.05, 0) is 44.5 Å². The van der Waals surface area contributed by atoms with Crippen LogP contribution < -0.4 is 10.1 Å². The monoisotopic (exact) mass is 399 g/mol. The van der Waals surface area contributed by atoms with Gasteiger partial charge in [0.25, 0.3) is 0 Å². The number of nitrogens with zero attached hydrogens (tertiary/aromatic N) is 4. The molecule has 0 spiro atoms. The second-order valence-corrected chi connectivity index (χ2v) is 8.07. The summed E-state index contributed by atoms with van der Waals surface area (Å²) in [5.74, 6) is 1.41. The van der Waals surface area contributed by atoms with Crippen LogP contribution in [0.2, 0.25) is 0 Å². The third-order valence-electron chi connectivity index (χ3n) is 6.13. The van der Waals surface area contributed by atoms with Crippen molar-refractivity contribution in [3.8, 4) is 5.75 Å². The maximum Gasteiger partial charge on any atom is 0.121 e. The molecule has 7 heteroatoms. The molecule has 2 aliphatic rings. The third kappa shape index (κ3) is 5.42. The summed E-state index contributed by atoms with van der Waals surface area (Å²) in [5.41, 5.74) is 2.16. The molecular formula is C22H33N5O2. The maximum absolute atomic E-state index is 9.03. The molecule has 0 amide bonds. The zero-order valence-corrected chi connectivity index (χ0v) is 17.2. The number of aliphatic hydroxyl groups excluding tert-OH is 1. The van der Waals surface area contributed by atoms with E-state index in [4.69, 9.17) is 9.84 Å². The largest absolute Gasteiger partial charge is 0.493 e.